The molecule has 0 amide bonds. The van der Waals surface area contributed by atoms with Gasteiger partial charge in [0.25, 0.3) is 0 Å². The number of methoxy groups -OCH3 is 1. The molecule has 6 heterocycles. The van der Waals surface area contributed by atoms with Crippen LogP contribution in [0.1, 0.15) is 43.7 Å². The summed E-state index contributed by atoms with van der Waals surface area (Å²) in [4.78, 5) is 26.7. The second-order valence-corrected chi connectivity index (χ2v) is 12.9. The molecule has 3 fully saturated rings. The predicted octanol–water partition coefficient (Wildman–Crippen LogP) is 5.81. The Morgan fingerprint density at radius 3 is 2.70 bits per heavy atom. The lowest BCUT2D eigenvalue weighted by molar-refractivity contribution is 0.292. The van der Waals surface area contributed by atoms with Crippen LogP contribution in [-0.4, -0.2) is 69.4 Å². The van der Waals surface area contributed by atoms with Crippen molar-refractivity contribution in [2.24, 2.45) is 0 Å². The van der Waals surface area contributed by atoms with Crippen LogP contribution in [0.15, 0.2) is 27.5 Å². The van der Waals surface area contributed by atoms with Gasteiger partial charge in [0.2, 0.25) is 0 Å². The van der Waals surface area contributed by atoms with Crippen molar-refractivity contribution >= 4 is 56.0 Å². The van der Waals surface area contributed by atoms with Gasteiger partial charge in [-0.15, -0.1) is 0 Å². The second kappa shape index (κ2) is 11.1. The number of aromatic nitrogens is 4. The van der Waals surface area contributed by atoms with E-state index >= 15 is 0 Å². The molecule has 3 saturated heterocycles. The van der Waals surface area contributed by atoms with Crippen molar-refractivity contribution in [1.29, 1.82) is 0 Å². The van der Waals surface area contributed by atoms with E-state index in [1.165, 1.54) is 20.0 Å². The molecule has 4 atom stereocenters. The molecule has 4 unspecified atom stereocenters. The third-order valence-electron chi connectivity index (χ3n) is 8.47. The largest absolute Gasteiger partial charge is 0.467 e. The third kappa shape index (κ3) is 4.77. The molecule has 0 bridgehead atoms. The van der Waals surface area contributed by atoms with Gasteiger partial charge in [-0.3, -0.25) is 4.90 Å². The van der Waals surface area contributed by atoms with Gasteiger partial charge in [-0.2, -0.15) is 15.1 Å². The summed E-state index contributed by atoms with van der Waals surface area (Å²) >= 11 is 2.30. The second-order valence-electron chi connectivity index (χ2n) is 10.9. The summed E-state index contributed by atoms with van der Waals surface area (Å²) < 4.78 is 25.9. The Hall–Kier alpha value is -2.37. The van der Waals surface area contributed by atoms with E-state index in [1.807, 2.05) is 30.6 Å². The number of aryl methyl sites for hydroxylation is 2. The molecule has 0 N–H and O–H groups in total. The van der Waals surface area contributed by atoms with E-state index in [9.17, 15) is 9.18 Å². The van der Waals surface area contributed by atoms with Gasteiger partial charge >= 0.3 is 11.6 Å². The van der Waals surface area contributed by atoms with Crippen LogP contribution in [-0.2, 0) is 0 Å². The van der Waals surface area contributed by atoms with Gasteiger partial charge in [-0.05, 0) is 86.7 Å². The molecule has 7 rings (SSSR count). The average Bonchev–Trinajstić information content (AvgIpc) is 3.64. The topological polar surface area (TPSA) is 89.5 Å². The molecule has 0 aliphatic carbocycles. The summed E-state index contributed by atoms with van der Waals surface area (Å²) in [5.41, 5.74) is 3.79. The van der Waals surface area contributed by atoms with Crippen LogP contribution < -0.4 is 15.3 Å². The zero-order valence-corrected chi connectivity index (χ0v) is 26.2. The fraction of sp³-hybridized carbons (Fsp3) is 0.500. The van der Waals surface area contributed by atoms with Crippen molar-refractivity contribution < 1.29 is 13.5 Å². The third-order valence-corrected chi connectivity index (χ3v) is 10.4. The monoisotopic (exact) mass is 678 g/mol. The summed E-state index contributed by atoms with van der Waals surface area (Å²) in [6.45, 7) is 8.75. The molecule has 1 aromatic carbocycles. The highest BCUT2D eigenvalue weighted by molar-refractivity contribution is 14.2. The van der Waals surface area contributed by atoms with Crippen molar-refractivity contribution in [3.63, 3.8) is 0 Å². The maximum Gasteiger partial charge on any atom is 0.349 e. The van der Waals surface area contributed by atoms with Gasteiger partial charge in [0.15, 0.2) is 5.82 Å². The Morgan fingerprint density at radius 1 is 1.20 bits per heavy atom. The van der Waals surface area contributed by atoms with Gasteiger partial charge < -0.3 is 14.1 Å². The Morgan fingerprint density at radius 2 is 2.02 bits per heavy atom. The van der Waals surface area contributed by atoms with E-state index in [0.717, 1.165) is 53.5 Å². The Bertz CT molecular complexity index is 1630. The number of rotatable bonds is 4. The minimum Gasteiger partial charge on any atom is -0.467 e. The lowest BCUT2D eigenvalue weighted by Gasteiger charge is -2.40. The summed E-state index contributed by atoms with van der Waals surface area (Å²) in [6.07, 6.45) is 6.18. The van der Waals surface area contributed by atoms with Crippen LogP contribution in [0.2, 0.25) is 0 Å². The maximum absolute atomic E-state index is 13.3. The Kier molecular flexibility index (Phi) is 7.73. The Balaban J connectivity index is 0.000000271. The van der Waals surface area contributed by atoms with Crippen LogP contribution in [0.4, 0.5) is 10.2 Å². The predicted molar refractivity (Wildman–Crippen MR) is 166 cm³/mol. The quantitative estimate of drug-likeness (QED) is 0.198. The normalized spacial score (nSPS) is 22.6. The highest BCUT2D eigenvalue weighted by atomic mass is 127. The molecule has 40 heavy (non-hydrogen) atoms. The molecule has 3 aliphatic rings. The first-order valence-corrected chi connectivity index (χ1v) is 17.7. The minimum atomic E-state index is -0.518. The standard InChI is InChI=1S/C21H21IN5O3P.C7H12FN/c1-10-5-6-14-13(9-23-27(14)31-22)15(10)18-12(3)17-16(20(28)30-18)19(25-21(24-17)29-4)26-8-7-11(26)2;8-6-4-7-2-1-3-9(7)5-6/h5-6,9,11,31H,7-8H2,1-4H3;6-7H,1-5H2. The number of benzene rings is 1. The van der Waals surface area contributed by atoms with Gasteiger partial charge in [0, 0.05) is 41.7 Å². The SMILES string of the molecule is COc1nc(N2CCC2C)c2c(=O)oc(-c3c(C)ccc4c3cnn4PI)c(C)c2n1.FC1CC2CCCN2C1. The molecule has 4 aromatic rings. The number of anilines is 1. The summed E-state index contributed by atoms with van der Waals surface area (Å²) in [6, 6.07) is 5.24. The van der Waals surface area contributed by atoms with Gasteiger partial charge in [0.1, 0.15) is 17.3 Å². The first kappa shape index (κ1) is 27.8. The van der Waals surface area contributed by atoms with Crippen molar-refractivity contribution in [3.05, 3.63) is 39.9 Å². The smallest absolute Gasteiger partial charge is 0.349 e. The number of hydrogen-bond donors (Lipinski definition) is 0. The molecule has 0 radical (unpaired) electrons. The van der Waals surface area contributed by atoms with Crippen molar-refractivity contribution in [3.8, 4) is 17.3 Å². The molecular weight excluding hydrogens is 645 g/mol. The van der Waals surface area contributed by atoms with Crippen molar-refractivity contribution in [2.45, 2.75) is 64.7 Å². The van der Waals surface area contributed by atoms with E-state index in [-0.39, 0.29) is 6.01 Å². The van der Waals surface area contributed by atoms with Gasteiger partial charge in [0.05, 0.1) is 30.7 Å². The summed E-state index contributed by atoms with van der Waals surface area (Å²) in [5.74, 6) is 1.10. The first-order valence-electron chi connectivity index (χ1n) is 13.7. The van der Waals surface area contributed by atoms with Crippen LogP contribution in [0.25, 0.3) is 33.1 Å². The number of nitrogens with zero attached hydrogens (tertiary/aromatic N) is 6. The molecule has 212 valence electrons. The van der Waals surface area contributed by atoms with Crippen LogP contribution in [0.3, 0.4) is 0 Å². The van der Waals surface area contributed by atoms with Crippen LogP contribution >= 0.6 is 28.4 Å². The molecule has 3 aliphatic heterocycles. The average molecular weight is 678 g/mol. The maximum atomic E-state index is 13.3. The highest BCUT2D eigenvalue weighted by Gasteiger charge is 2.35. The van der Waals surface area contributed by atoms with Crippen LogP contribution in [0.5, 0.6) is 6.01 Å². The fourth-order valence-electron chi connectivity index (χ4n) is 6.19. The van der Waals surface area contributed by atoms with E-state index in [4.69, 9.17) is 9.15 Å². The fourth-order valence-corrected chi connectivity index (χ4v) is 7.73. The zero-order valence-electron chi connectivity index (χ0n) is 23.1. The highest BCUT2D eigenvalue weighted by Crippen LogP contribution is 2.39. The van der Waals surface area contributed by atoms with Gasteiger partial charge in [-0.25, -0.2) is 13.6 Å². The molecule has 0 spiro atoms. The molecule has 12 heteroatoms. The lowest BCUT2D eigenvalue weighted by atomic mass is 9.98. The Labute approximate surface area is 246 Å². The molecular formula is C28H33FIN6O3P. The number of fused-ring (bicyclic) bond motifs is 3. The minimum absolute atomic E-state index is 0.245. The molecule has 3 aromatic heterocycles. The van der Waals surface area contributed by atoms with E-state index < -0.39 is 11.8 Å². The van der Waals surface area contributed by atoms with E-state index in [2.05, 4.69) is 59.9 Å². The summed E-state index contributed by atoms with van der Waals surface area (Å²) in [7, 11) is 1.54. The summed E-state index contributed by atoms with van der Waals surface area (Å²) in [5, 5.41) is 5.85. The number of halogens is 2. The first-order chi connectivity index (χ1) is 19.3. The number of alkyl halides is 1. The van der Waals surface area contributed by atoms with Gasteiger partial charge in [-0.1, -0.05) is 6.07 Å². The van der Waals surface area contributed by atoms with E-state index in [1.54, 1.807) is 0 Å². The van der Waals surface area contributed by atoms with Crippen molar-refractivity contribution in [2.75, 3.05) is 31.6 Å². The molecule has 0 saturated carbocycles. The van der Waals surface area contributed by atoms with E-state index in [0.29, 0.717) is 47.5 Å². The number of ether oxygens (including phenoxy) is 1. The van der Waals surface area contributed by atoms with Crippen molar-refractivity contribution in [1.82, 2.24) is 24.4 Å². The van der Waals surface area contributed by atoms with Crippen LogP contribution in [0, 0.1) is 13.8 Å². The zero-order chi connectivity index (χ0) is 28.1. The number of hydrogen-bond acceptors (Lipinski definition) is 8. The lowest BCUT2D eigenvalue weighted by Crippen LogP contribution is -2.46. The molecule has 9 nitrogen and oxygen atoms in total.